The van der Waals surface area contributed by atoms with Crippen LogP contribution in [0.4, 0.5) is 13.2 Å². The number of hydrogen-bond donors (Lipinski definition) is 3. The lowest BCUT2D eigenvalue weighted by molar-refractivity contribution is -0.141. The molecule has 0 radical (unpaired) electrons. The molecule has 0 aliphatic heterocycles. The highest BCUT2D eigenvalue weighted by Gasteiger charge is 2.30. The van der Waals surface area contributed by atoms with E-state index in [4.69, 9.17) is 0 Å². The first kappa shape index (κ1) is 20.3. The van der Waals surface area contributed by atoms with Crippen LogP contribution in [-0.4, -0.2) is 28.6 Å². The molecule has 0 aromatic heterocycles. The number of benzene rings is 2. The zero-order valence-corrected chi connectivity index (χ0v) is 14.2. The van der Waals surface area contributed by atoms with E-state index in [0.717, 1.165) is 12.1 Å². The Bertz CT molecular complexity index is 786. The maximum Gasteiger partial charge on any atom is 0.416 e. The van der Waals surface area contributed by atoms with Crippen molar-refractivity contribution in [2.45, 2.75) is 19.0 Å². The highest BCUT2D eigenvalue weighted by atomic mass is 19.4. The standard InChI is InChI=1S/C19H18F3NO4/c20-19(21,22)15-5-1-13(2-6-15)10-17(25)23-11-14(18(26)27)9-12-3-7-16(24)8-4-12/h1-8,14,24H,9-11H2,(H,23,25)(H,26,27). The van der Waals surface area contributed by atoms with Gasteiger partial charge in [-0.15, -0.1) is 0 Å². The van der Waals surface area contributed by atoms with Crippen LogP contribution in [0.2, 0.25) is 0 Å². The maximum absolute atomic E-state index is 12.5. The molecule has 5 nitrogen and oxygen atoms in total. The lowest BCUT2D eigenvalue weighted by atomic mass is 9.99. The molecule has 27 heavy (non-hydrogen) atoms. The fraction of sp³-hybridized carbons (Fsp3) is 0.263. The second-order valence-corrected chi connectivity index (χ2v) is 6.08. The summed E-state index contributed by atoms with van der Waals surface area (Å²) in [6.45, 7) is -0.115. The number of alkyl halides is 3. The molecule has 2 aromatic carbocycles. The van der Waals surface area contributed by atoms with Gasteiger partial charge in [-0.1, -0.05) is 24.3 Å². The summed E-state index contributed by atoms with van der Waals surface area (Å²) in [7, 11) is 0. The minimum atomic E-state index is -4.44. The van der Waals surface area contributed by atoms with E-state index in [9.17, 15) is 33.0 Å². The number of aromatic hydroxyl groups is 1. The molecule has 0 heterocycles. The number of carboxylic acid groups (broad SMARTS) is 1. The number of amides is 1. The van der Waals surface area contributed by atoms with Crippen molar-refractivity contribution < 1.29 is 33.0 Å². The molecule has 1 atom stereocenters. The fourth-order valence-corrected chi connectivity index (χ4v) is 2.46. The van der Waals surface area contributed by atoms with Crippen LogP contribution in [0.1, 0.15) is 16.7 Å². The molecule has 144 valence electrons. The van der Waals surface area contributed by atoms with E-state index in [1.807, 2.05) is 0 Å². The number of phenolic OH excluding ortho intramolecular Hbond substituents is 1. The summed E-state index contributed by atoms with van der Waals surface area (Å²) in [4.78, 5) is 23.3. The average Bonchev–Trinajstić information content (AvgIpc) is 2.59. The summed E-state index contributed by atoms with van der Waals surface area (Å²) in [5, 5.41) is 21.0. The molecule has 1 unspecified atom stereocenters. The predicted octanol–water partition coefficient (Wildman–Crippen LogP) is 3.01. The molecule has 8 heteroatoms. The van der Waals surface area contributed by atoms with Crippen molar-refractivity contribution in [2.24, 2.45) is 5.92 Å². The van der Waals surface area contributed by atoms with E-state index < -0.39 is 29.5 Å². The number of halogens is 3. The number of aliphatic carboxylic acids is 1. The monoisotopic (exact) mass is 381 g/mol. The Labute approximate surface area is 153 Å². The van der Waals surface area contributed by atoms with Crippen LogP contribution in [0.15, 0.2) is 48.5 Å². The van der Waals surface area contributed by atoms with Crippen LogP contribution in [0.5, 0.6) is 5.75 Å². The molecule has 0 bridgehead atoms. The van der Waals surface area contributed by atoms with Gasteiger partial charge in [-0.25, -0.2) is 0 Å². The van der Waals surface area contributed by atoms with Gasteiger partial charge in [-0.3, -0.25) is 9.59 Å². The van der Waals surface area contributed by atoms with E-state index >= 15 is 0 Å². The minimum Gasteiger partial charge on any atom is -0.508 e. The Morgan fingerprint density at radius 3 is 2.04 bits per heavy atom. The Morgan fingerprint density at radius 2 is 1.52 bits per heavy atom. The van der Waals surface area contributed by atoms with Crippen LogP contribution < -0.4 is 5.32 Å². The van der Waals surface area contributed by atoms with E-state index in [0.29, 0.717) is 11.1 Å². The summed E-state index contributed by atoms with van der Waals surface area (Å²) in [5.41, 5.74) is 0.287. The van der Waals surface area contributed by atoms with Gasteiger partial charge in [0, 0.05) is 6.54 Å². The second kappa shape index (κ2) is 8.57. The van der Waals surface area contributed by atoms with Crippen molar-refractivity contribution >= 4 is 11.9 Å². The molecule has 0 spiro atoms. The first-order valence-electron chi connectivity index (χ1n) is 8.08. The number of carboxylic acids is 1. The van der Waals surface area contributed by atoms with Crippen molar-refractivity contribution in [1.82, 2.24) is 5.32 Å². The summed E-state index contributed by atoms with van der Waals surface area (Å²) in [6, 6.07) is 10.3. The zero-order valence-electron chi connectivity index (χ0n) is 14.2. The predicted molar refractivity (Wildman–Crippen MR) is 91.1 cm³/mol. The molecule has 0 saturated heterocycles. The third kappa shape index (κ3) is 6.32. The Kier molecular flexibility index (Phi) is 6.44. The average molecular weight is 381 g/mol. The molecule has 0 fully saturated rings. The smallest absolute Gasteiger partial charge is 0.416 e. The van der Waals surface area contributed by atoms with Crippen molar-refractivity contribution in [1.29, 1.82) is 0 Å². The van der Waals surface area contributed by atoms with Crippen LogP contribution in [-0.2, 0) is 28.6 Å². The molecular weight excluding hydrogens is 363 g/mol. The van der Waals surface area contributed by atoms with Crippen LogP contribution in [0.25, 0.3) is 0 Å². The lowest BCUT2D eigenvalue weighted by Gasteiger charge is -2.14. The highest BCUT2D eigenvalue weighted by molar-refractivity contribution is 5.79. The van der Waals surface area contributed by atoms with Crippen LogP contribution in [0, 0.1) is 5.92 Å². The van der Waals surface area contributed by atoms with Gasteiger partial charge in [0.2, 0.25) is 5.91 Å². The third-order valence-corrected chi connectivity index (χ3v) is 3.96. The van der Waals surface area contributed by atoms with Gasteiger partial charge in [0.25, 0.3) is 0 Å². The lowest BCUT2D eigenvalue weighted by Crippen LogP contribution is -2.34. The molecule has 2 aromatic rings. The summed E-state index contributed by atoms with van der Waals surface area (Å²) < 4.78 is 37.6. The topological polar surface area (TPSA) is 86.6 Å². The molecule has 0 aliphatic rings. The second-order valence-electron chi connectivity index (χ2n) is 6.08. The first-order valence-corrected chi connectivity index (χ1v) is 8.08. The van der Waals surface area contributed by atoms with Crippen molar-refractivity contribution in [3.8, 4) is 5.75 Å². The van der Waals surface area contributed by atoms with Crippen molar-refractivity contribution in [3.05, 3.63) is 65.2 Å². The molecule has 2 rings (SSSR count). The Hall–Kier alpha value is -3.03. The van der Waals surface area contributed by atoms with Gasteiger partial charge in [0.1, 0.15) is 5.75 Å². The van der Waals surface area contributed by atoms with E-state index in [2.05, 4.69) is 5.32 Å². The van der Waals surface area contributed by atoms with E-state index in [-0.39, 0.29) is 25.1 Å². The third-order valence-electron chi connectivity index (χ3n) is 3.96. The van der Waals surface area contributed by atoms with Gasteiger partial charge in [0.05, 0.1) is 17.9 Å². The minimum absolute atomic E-state index is 0.0652. The van der Waals surface area contributed by atoms with Gasteiger partial charge < -0.3 is 15.5 Å². The Balaban J connectivity index is 1.90. The van der Waals surface area contributed by atoms with Gasteiger partial charge >= 0.3 is 12.1 Å². The van der Waals surface area contributed by atoms with Gasteiger partial charge in [-0.2, -0.15) is 13.2 Å². The number of carbonyl (C=O) groups excluding carboxylic acids is 1. The van der Waals surface area contributed by atoms with Crippen molar-refractivity contribution in [3.63, 3.8) is 0 Å². The zero-order chi connectivity index (χ0) is 20.0. The number of rotatable bonds is 7. The number of carbonyl (C=O) groups is 2. The number of hydrogen-bond acceptors (Lipinski definition) is 3. The molecule has 0 aliphatic carbocycles. The first-order chi connectivity index (χ1) is 12.6. The summed E-state index contributed by atoms with van der Waals surface area (Å²) in [5.74, 6) is -2.37. The summed E-state index contributed by atoms with van der Waals surface area (Å²) >= 11 is 0. The van der Waals surface area contributed by atoms with Crippen LogP contribution in [0.3, 0.4) is 0 Å². The highest BCUT2D eigenvalue weighted by Crippen LogP contribution is 2.29. The fourth-order valence-electron chi connectivity index (χ4n) is 2.46. The largest absolute Gasteiger partial charge is 0.508 e. The van der Waals surface area contributed by atoms with Crippen LogP contribution >= 0.6 is 0 Å². The Morgan fingerprint density at radius 1 is 0.963 bits per heavy atom. The van der Waals surface area contributed by atoms with E-state index in [1.54, 1.807) is 12.1 Å². The molecule has 3 N–H and O–H groups in total. The van der Waals surface area contributed by atoms with Crippen molar-refractivity contribution in [2.75, 3.05) is 6.54 Å². The van der Waals surface area contributed by atoms with Gasteiger partial charge in [0.15, 0.2) is 0 Å². The number of nitrogens with one attached hydrogen (secondary N) is 1. The normalized spacial score (nSPS) is 12.4. The molecule has 1 amide bonds. The number of phenols is 1. The maximum atomic E-state index is 12.5. The SMILES string of the molecule is O=C(Cc1ccc(C(F)(F)F)cc1)NCC(Cc1ccc(O)cc1)C(=O)O. The quantitative estimate of drug-likeness (QED) is 0.688. The molecular formula is C19H18F3NO4. The summed E-state index contributed by atoms with van der Waals surface area (Å²) in [6.07, 6.45) is -4.43. The van der Waals surface area contributed by atoms with E-state index in [1.165, 1.54) is 24.3 Å². The molecule has 0 saturated carbocycles. The van der Waals surface area contributed by atoms with Gasteiger partial charge in [-0.05, 0) is 41.8 Å².